The molecule has 3 heteroatoms. The van der Waals surface area contributed by atoms with Gasteiger partial charge in [0.1, 0.15) is 7.22 Å². The molecule has 0 bridgehead atoms. The molecule has 38 valence electrons. The molecule has 0 fully saturated rings. The molecule has 0 aliphatic carbocycles. The topological polar surface area (TPSA) is 20.2 Å². The Morgan fingerprint density at radius 2 is 1.50 bits per heavy atom. The molecule has 6 heavy (non-hydrogen) atoms. The lowest BCUT2D eigenvalue weighted by Crippen LogP contribution is -2.12. The van der Waals surface area contributed by atoms with Crippen LogP contribution in [-0.2, 0) is 0 Å². The Morgan fingerprint density at radius 1 is 1.33 bits per heavy atom. The van der Waals surface area contributed by atoms with Gasteiger partial charge >= 0.3 is 0 Å². The Bertz CT molecular complexity index is 40.5. The van der Waals surface area contributed by atoms with E-state index in [4.69, 9.17) is 4.55 Å². The van der Waals surface area contributed by atoms with E-state index in [1.54, 1.807) is 0 Å². The molecule has 0 amide bonds. The van der Waals surface area contributed by atoms with Gasteiger partial charge in [-0.1, -0.05) is 19.6 Å². The highest BCUT2D eigenvalue weighted by atomic mass is 32.4. The summed E-state index contributed by atoms with van der Waals surface area (Å²) < 4.78 is 8.38. The van der Waals surface area contributed by atoms with Crippen molar-refractivity contribution in [2.24, 2.45) is 0 Å². The average molecular weight is 122 g/mol. The van der Waals surface area contributed by atoms with Crippen LogP contribution in [0.25, 0.3) is 0 Å². The van der Waals surface area contributed by atoms with Crippen molar-refractivity contribution >= 4 is 18.7 Å². The van der Waals surface area contributed by atoms with Crippen molar-refractivity contribution in [1.29, 1.82) is 0 Å². The van der Waals surface area contributed by atoms with Crippen LogP contribution in [0.1, 0.15) is 0 Å². The van der Waals surface area contributed by atoms with Crippen LogP contribution >= 0.6 is 11.5 Å². The first-order chi connectivity index (χ1) is 2.56. The number of hydrogen-bond donors (Lipinski definition) is 1. The van der Waals surface area contributed by atoms with Gasteiger partial charge in [-0.3, -0.25) is 0 Å². The first-order valence-electron chi connectivity index (χ1n) is 1.89. The molecular formula is C3H10OSSi. The summed E-state index contributed by atoms with van der Waals surface area (Å²) in [5.41, 5.74) is 0. The summed E-state index contributed by atoms with van der Waals surface area (Å²) in [7, 11) is -1.16. The standard InChI is InChI=1S/C3H10OSSi/c1-6(2,3)5-4/h4H,1-3H3. The lowest BCUT2D eigenvalue weighted by atomic mass is 11.8. The van der Waals surface area contributed by atoms with E-state index in [0.717, 1.165) is 11.5 Å². The molecule has 0 spiro atoms. The zero-order valence-electron chi connectivity index (χ0n) is 4.36. The molecule has 0 aliphatic heterocycles. The number of hydrogen-bond acceptors (Lipinski definition) is 2. The predicted octanol–water partition coefficient (Wildman–Crippen LogP) is 2.03. The van der Waals surface area contributed by atoms with Crippen LogP contribution in [-0.4, -0.2) is 11.8 Å². The molecule has 1 nitrogen and oxygen atoms in total. The molecule has 0 rings (SSSR count). The molecule has 0 aliphatic rings. The average Bonchev–Trinajstić information content (AvgIpc) is 1.35. The minimum absolute atomic E-state index is 1.02. The molecular weight excluding hydrogens is 112 g/mol. The minimum Gasteiger partial charge on any atom is -0.337 e. The smallest absolute Gasteiger partial charge is 0.143 e. The molecule has 0 aromatic carbocycles. The van der Waals surface area contributed by atoms with Crippen LogP contribution < -0.4 is 0 Å². The second-order valence-corrected chi connectivity index (χ2v) is 10.8. The lowest BCUT2D eigenvalue weighted by Gasteiger charge is -2.06. The molecule has 1 N–H and O–H groups in total. The maximum atomic E-state index is 8.38. The second-order valence-electron chi connectivity index (χ2n) is 2.20. The van der Waals surface area contributed by atoms with Gasteiger partial charge in [0.05, 0.1) is 0 Å². The van der Waals surface area contributed by atoms with Crippen LogP contribution in [0.4, 0.5) is 0 Å². The Morgan fingerprint density at radius 3 is 1.50 bits per heavy atom. The fraction of sp³-hybridized carbons (Fsp3) is 1.00. The van der Waals surface area contributed by atoms with E-state index in [-0.39, 0.29) is 0 Å². The number of rotatable bonds is 1. The summed E-state index contributed by atoms with van der Waals surface area (Å²) in [5, 5.41) is 0. The highest BCUT2D eigenvalue weighted by Gasteiger charge is 2.11. The van der Waals surface area contributed by atoms with Crippen molar-refractivity contribution in [1.82, 2.24) is 0 Å². The maximum Gasteiger partial charge on any atom is 0.143 e. The molecule has 0 radical (unpaired) electrons. The van der Waals surface area contributed by atoms with Gasteiger partial charge in [0.25, 0.3) is 0 Å². The fourth-order valence-corrected chi connectivity index (χ4v) is 0. The third-order valence-electron chi connectivity index (χ3n) is 0.274. The van der Waals surface area contributed by atoms with Crippen LogP contribution in [0.15, 0.2) is 0 Å². The largest absolute Gasteiger partial charge is 0.337 e. The highest BCUT2D eigenvalue weighted by molar-refractivity contribution is 8.24. The molecule has 0 unspecified atom stereocenters. The lowest BCUT2D eigenvalue weighted by molar-refractivity contribution is 0.673. The highest BCUT2D eigenvalue weighted by Crippen LogP contribution is 2.13. The van der Waals surface area contributed by atoms with Crippen LogP contribution in [0.5, 0.6) is 0 Å². The van der Waals surface area contributed by atoms with Crippen molar-refractivity contribution in [3.8, 4) is 0 Å². The molecule has 0 aromatic heterocycles. The summed E-state index contributed by atoms with van der Waals surface area (Å²) in [6, 6.07) is 0. The van der Waals surface area contributed by atoms with Crippen molar-refractivity contribution in [3.05, 3.63) is 0 Å². The Hall–Kier alpha value is 0.527. The predicted molar refractivity (Wildman–Crippen MR) is 33.6 cm³/mol. The summed E-state index contributed by atoms with van der Waals surface area (Å²) in [6.07, 6.45) is 0. The van der Waals surface area contributed by atoms with Crippen LogP contribution in [0.2, 0.25) is 19.6 Å². The summed E-state index contributed by atoms with van der Waals surface area (Å²) in [6.45, 7) is 6.28. The molecule has 0 atom stereocenters. The van der Waals surface area contributed by atoms with E-state index in [1.807, 2.05) is 0 Å². The van der Waals surface area contributed by atoms with Crippen LogP contribution in [0.3, 0.4) is 0 Å². The van der Waals surface area contributed by atoms with Crippen molar-refractivity contribution in [3.63, 3.8) is 0 Å². The maximum absolute atomic E-state index is 8.38. The Kier molecular flexibility index (Phi) is 2.17. The molecule has 0 saturated carbocycles. The van der Waals surface area contributed by atoms with E-state index in [0.29, 0.717) is 0 Å². The molecule has 0 aromatic rings. The molecule has 0 saturated heterocycles. The van der Waals surface area contributed by atoms with Gasteiger partial charge in [0.2, 0.25) is 0 Å². The summed E-state index contributed by atoms with van der Waals surface area (Å²) >= 11 is 1.02. The van der Waals surface area contributed by atoms with Gasteiger partial charge in [0.15, 0.2) is 0 Å². The van der Waals surface area contributed by atoms with Crippen molar-refractivity contribution in [2.75, 3.05) is 0 Å². The Balaban J connectivity index is 3.17. The van der Waals surface area contributed by atoms with Crippen LogP contribution in [0, 0.1) is 0 Å². The zero-order valence-corrected chi connectivity index (χ0v) is 6.17. The summed E-state index contributed by atoms with van der Waals surface area (Å²) in [5.74, 6) is 0. The van der Waals surface area contributed by atoms with Crippen molar-refractivity contribution < 1.29 is 4.55 Å². The van der Waals surface area contributed by atoms with Gasteiger partial charge in [-0.25, -0.2) is 0 Å². The van der Waals surface area contributed by atoms with Gasteiger partial charge in [-0.2, -0.15) is 0 Å². The minimum atomic E-state index is -1.16. The molecule has 0 heterocycles. The second kappa shape index (κ2) is 2.00. The monoisotopic (exact) mass is 122 g/mol. The quantitative estimate of drug-likeness (QED) is 0.424. The van der Waals surface area contributed by atoms with E-state index >= 15 is 0 Å². The third-order valence-corrected chi connectivity index (χ3v) is 2.46. The first kappa shape index (κ1) is 6.53. The Labute approximate surface area is 43.6 Å². The fourth-order valence-electron chi connectivity index (χ4n) is 0. The summed E-state index contributed by atoms with van der Waals surface area (Å²) in [4.78, 5) is 0. The van der Waals surface area contributed by atoms with Gasteiger partial charge in [0, 0.05) is 0 Å². The van der Waals surface area contributed by atoms with Gasteiger partial charge < -0.3 is 4.55 Å². The van der Waals surface area contributed by atoms with Gasteiger partial charge in [-0.15, -0.1) is 0 Å². The van der Waals surface area contributed by atoms with E-state index in [1.165, 1.54) is 0 Å². The SMILES string of the molecule is C[Si](C)(C)SO. The van der Waals surface area contributed by atoms with E-state index in [9.17, 15) is 0 Å². The van der Waals surface area contributed by atoms with E-state index < -0.39 is 7.22 Å². The van der Waals surface area contributed by atoms with Gasteiger partial charge in [-0.05, 0) is 11.5 Å². The zero-order chi connectivity index (χ0) is 5.21. The van der Waals surface area contributed by atoms with Crippen molar-refractivity contribution in [2.45, 2.75) is 19.6 Å². The normalized spacial score (nSPS) is 12.0. The first-order valence-corrected chi connectivity index (χ1v) is 6.88. The van der Waals surface area contributed by atoms with E-state index in [2.05, 4.69) is 19.6 Å². The third kappa shape index (κ3) is 4.53.